The van der Waals surface area contributed by atoms with Crippen LogP contribution in [0.2, 0.25) is 0 Å². The Morgan fingerprint density at radius 1 is 1.10 bits per heavy atom. The average Bonchev–Trinajstić information content (AvgIpc) is 3.31. The number of hydrogen-bond donors (Lipinski definition) is 3. The molecular weight excluding hydrogens is 381 g/mol. The molecule has 1 aliphatic heterocycles. The number of nitrogens with one attached hydrogen (secondary N) is 3. The molecule has 1 saturated heterocycles. The van der Waals surface area contributed by atoms with E-state index in [4.69, 9.17) is 0 Å². The third-order valence-electron chi connectivity index (χ3n) is 5.24. The summed E-state index contributed by atoms with van der Waals surface area (Å²) in [5, 5.41) is 9.27. The van der Waals surface area contributed by atoms with Gasteiger partial charge in [0.1, 0.15) is 5.82 Å². The summed E-state index contributed by atoms with van der Waals surface area (Å²) in [7, 11) is 1.71. The lowest BCUT2D eigenvalue weighted by Gasteiger charge is -2.22. The first-order valence-electron chi connectivity index (χ1n) is 10.4. The molecule has 1 amide bonds. The molecule has 0 radical (unpaired) electrons. The number of halogens is 1. The molecule has 160 valence electrons. The molecule has 0 aromatic heterocycles. The molecule has 3 rings (SSSR count). The summed E-state index contributed by atoms with van der Waals surface area (Å²) in [4.78, 5) is 18.7. The maximum Gasteiger partial charge on any atom is 0.254 e. The van der Waals surface area contributed by atoms with Crippen LogP contribution in [0.4, 0.5) is 10.1 Å². The van der Waals surface area contributed by atoms with Gasteiger partial charge in [-0.05, 0) is 49.6 Å². The summed E-state index contributed by atoms with van der Waals surface area (Å²) in [5.74, 6) is -0.301. The first-order chi connectivity index (χ1) is 14.6. The predicted molar refractivity (Wildman–Crippen MR) is 120 cm³/mol. The van der Waals surface area contributed by atoms with E-state index in [1.807, 2.05) is 0 Å². The van der Waals surface area contributed by atoms with Crippen molar-refractivity contribution in [2.24, 2.45) is 4.99 Å². The summed E-state index contributed by atoms with van der Waals surface area (Å²) in [5.41, 5.74) is 2.50. The first-order valence-corrected chi connectivity index (χ1v) is 10.4. The van der Waals surface area contributed by atoms with Gasteiger partial charge in [-0.3, -0.25) is 9.79 Å². The van der Waals surface area contributed by atoms with Crippen molar-refractivity contribution in [3.8, 4) is 0 Å². The number of hydrogen-bond acceptors (Lipinski definition) is 3. The number of anilines is 1. The highest BCUT2D eigenvalue weighted by atomic mass is 19.1. The van der Waals surface area contributed by atoms with Crippen LogP contribution < -0.4 is 20.9 Å². The molecular formula is C23H30FN5O. The van der Waals surface area contributed by atoms with Crippen molar-refractivity contribution in [1.29, 1.82) is 0 Å². The van der Waals surface area contributed by atoms with Crippen LogP contribution >= 0.6 is 0 Å². The highest BCUT2D eigenvalue weighted by Gasteiger charge is 2.15. The minimum absolute atomic E-state index is 0.0477. The maximum absolute atomic E-state index is 13.7. The average molecular weight is 412 g/mol. The number of aliphatic imine (C=N–C) groups is 1. The van der Waals surface area contributed by atoms with Crippen LogP contribution in [0.15, 0.2) is 53.5 Å². The highest BCUT2D eigenvalue weighted by molar-refractivity contribution is 5.94. The van der Waals surface area contributed by atoms with Gasteiger partial charge in [-0.2, -0.15) is 0 Å². The van der Waals surface area contributed by atoms with Crippen molar-refractivity contribution >= 4 is 17.6 Å². The lowest BCUT2D eigenvalue weighted by Crippen LogP contribution is -2.42. The summed E-state index contributed by atoms with van der Waals surface area (Å²) in [6, 6.07) is 14.6. The van der Waals surface area contributed by atoms with Gasteiger partial charge in [0.2, 0.25) is 0 Å². The van der Waals surface area contributed by atoms with E-state index in [-0.39, 0.29) is 11.6 Å². The van der Waals surface area contributed by atoms with Gasteiger partial charge in [0, 0.05) is 38.9 Å². The molecule has 7 heteroatoms. The standard InChI is InChI=1S/C23H30FN5O/c1-17(18-8-7-9-19(16-18)29-14-5-6-15-29)28-23(25-2)27-13-12-26-22(30)20-10-3-4-11-21(20)24/h3-4,7-11,16-17H,5-6,12-15H2,1-2H3,(H,26,30)(H2,25,27,28). The Morgan fingerprint density at radius 3 is 2.57 bits per heavy atom. The Bertz CT molecular complexity index is 879. The fraction of sp³-hybridized carbons (Fsp3) is 0.391. The molecule has 2 aromatic carbocycles. The molecule has 0 aliphatic carbocycles. The molecule has 1 atom stereocenters. The molecule has 0 bridgehead atoms. The number of nitrogens with zero attached hydrogens (tertiary/aromatic N) is 2. The number of carbonyl (C=O) groups excluding carboxylic acids is 1. The Morgan fingerprint density at radius 2 is 1.83 bits per heavy atom. The second-order valence-electron chi connectivity index (χ2n) is 7.39. The van der Waals surface area contributed by atoms with E-state index in [2.05, 4.69) is 57.0 Å². The molecule has 2 aromatic rings. The lowest BCUT2D eigenvalue weighted by molar-refractivity contribution is 0.0950. The van der Waals surface area contributed by atoms with E-state index in [1.165, 1.54) is 36.2 Å². The van der Waals surface area contributed by atoms with Gasteiger partial charge in [0.15, 0.2) is 5.96 Å². The van der Waals surface area contributed by atoms with Crippen molar-refractivity contribution < 1.29 is 9.18 Å². The Kier molecular flexibility index (Phi) is 7.65. The van der Waals surface area contributed by atoms with E-state index in [1.54, 1.807) is 19.2 Å². The smallest absolute Gasteiger partial charge is 0.254 e. The monoisotopic (exact) mass is 411 g/mol. The number of carbonyl (C=O) groups is 1. The van der Waals surface area contributed by atoms with E-state index in [9.17, 15) is 9.18 Å². The van der Waals surface area contributed by atoms with Gasteiger partial charge in [-0.1, -0.05) is 24.3 Å². The van der Waals surface area contributed by atoms with Crippen LogP contribution in [-0.4, -0.2) is 45.1 Å². The summed E-state index contributed by atoms with van der Waals surface area (Å²) >= 11 is 0. The van der Waals surface area contributed by atoms with E-state index in [0.717, 1.165) is 13.1 Å². The van der Waals surface area contributed by atoms with Crippen LogP contribution in [0.25, 0.3) is 0 Å². The number of rotatable bonds is 7. The van der Waals surface area contributed by atoms with Crippen molar-refractivity contribution in [3.63, 3.8) is 0 Å². The minimum Gasteiger partial charge on any atom is -0.372 e. The number of benzene rings is 2. The predicted octanol–water partition coefficient (Wildman–Crippen LogP) is 3.08. The second-order valence-corrected chi connectivity index (χ2v) is 7.39. The zero-order valence-electron chi connectivity index (χ0n) is 17.6. The Labute approximate surface area is 177 Å². The molecule has 3 N–H and O–H groups in total. The van der Waals surface area contributed by atoms with Crippen LogP contribution in [0.5, 0.6) is 0 Å². The summed E-state index contributed by atoms with van der Waals surface area (Å²) in [6.07, 6.45) is 2.50. The minimum atomic E-state index is -0.523. The van der Waals surface area contributed by atoms with Gasteiger partial charge >= 0.3 is 0 Å². The molecule has 0 spiro atoms. The van der Waals surface area contributed by atoms with Crippen LogP contribution in [-0.2, 0) is 0 Å². The van der Waals surface area contributed by atoms with E-state index in [0.29, 0.717) is 19.0 Å². The highest BCUT2D eigenvalue weighted by Crippen LogP contribution is 2.23. The third kappa shape index (κ3) is 5.72. The van der Waals surface area contributed by atoms with Gasteiger partial charge in [0.25, 0.3) is 5.91 Å². The van der Waals surface area contributed by atoms with E-state index < -0.39 is 11.7 Å². The normalized spacial score (nSPS) is 15.0. The maximum atomic E-state index is 13.7. The quantitative estimate of drug-likeness (QED) is 0.372. The topological polar surface area (TPSA) is 68.8 Å². The number of amides is 1. The zero-order valence-corrected chi connectivity index (χ0v) is 17.6. The fourth-order valence-corrected chi connectivity index (χ4v) is 3.55. The molecule has 1 unspecified atom stereocenters. The molecule has 30 heavy (non-hydrogen) atoms. The van der Waals surface area contributed by atoms with Crippen LogP contribution in [0.3, 0.4) is 0 Å². The van der Waals surface area contributed by atoms with Crippen molar-refractivity contribution in [2.45, 2.75) is 25.8 Å². The molecule has 1 heterocycles. The Balaban J connectivity index is 1.47. The first kappa shape index (κ1) is 21.6. The second kappa shape index (κ2) is 10.6. The van der Waals surface area contributed by atoms with Crippen LogP contribution in [0, 0.1) is 5.82 Å². The van der Waals surface area contributed by atoms with Gasteiger partial charge in [-0.15, -0.1) is 0 Å². The lowest BCUT2D eigenvalue weighted by atomic mass is 10.1. The van der Waals surface area contributed by atoms with Crippen molar-refractivity contribution in [2.75, 3.05) is 38.1 Å². The zero-order chi connectivity index (χ0) is 21.3. The molecule has 1 aliphatic rings. The fourth-order valence-electron chi connectivity index (χ4n) is 3.55. The molecule has 0 saturated carbocycles. The summed E-state index contributed by atoms with van der Waals surface area (Å²) in [6.45, 7) is 5.16. The Hall–Kier alpha value is -3.09. The van der Waals surface area contributed by atoms with Crippen LogP contribution in [0.1, 0.15) is 41.7 Å². The van der Waals surface area contributed by atoms with Gasteiger partial charge in [-0.25, -0.2) is 4.39 Å². The molecule has 1 fully saturated rings. The number of guanidine groups is 1. The SMILES string of the molecule is CN=C(NCCNC(=O)c1ccccc1F)NC(C)c1cccc(N2CCCC2)c1. The summed E-state index contributed by atoms with van der Waals surface area (Å²) < 4.78 is 13.7. The third-order valence-corrected chi connectivity index (χ3v) is 5.24. The van der Waals surface area contributed by atoms with Gasteiger partial charge < -0.3 is 20.9 Å². The van der Waals surface area contributed by atoms with Crippen molar-refractivity contribution in [3.05, 3.63) is 65.5 Å². The largest absolute Gasteiger partial charge is 0.372 e. The molecule has 6 nitrogen and oxygen atoms in total. The van der Waals surface area contributed by atoms with Crippen molar-refractivity contribution in [1.82, 2.24) is 16.0 Å². The van der Waals surface area contributed by atoms with Gasteiger partial charge in [0.05, 0.1) is 11.6 Å². The van der Waals surface area contributed by atoms with E-state index >= 15 is 0 Å².